The summed E-state index contributed by atoms with van der Waals surface area (Å²) >= 11 is 1.23. The third-order valence-electron chi connectivity index (χ3n) is 2.90. The van der Waals surface area contributed by atoms with E-state index in [1.807, 2.05) is 12.1 Å². The first-order valence-electron chi connectivity index (χ1n) is 6.18. The van der Waals surface area contributed by atoms with Gasteiger partial charge in [-0.25, -0.2) is 4.98 Å². The molecule has 1 fully saturated rings. The van der Waals surface area contributed by atoms with E-state index in [1.54, 1.807) is 6.92 Å². The molecular formula is C13H14N5OS+. The summed E-state index contributed by atoms with van der Waals surface area (Å²) in [5, 5.41) is 21.0. The van der Waals surface area contributed by atoms with Crippen molar-refractivity contribution in [3.05, 3.63) is 17.2 Å². The molecule has 2 rings (SSSR count). The van der Waals surface area contributed by atoms with Crippen molar-refractivity contribution in [2.45, 2.75) is 36.1 Å². The molecule has 20 heavy (non-hydrogen) atoms. The van der Waals surface area contributed by atoms with E-state index in [1.165, 1.54) is 17.8 Å². The van der Waals surface area contributed by atoms with E-state index in [9.17, 15) is 4.79 Å². The number of thioether (sulfide) groups is 1. The number of amides is 1. The van der Waals surface area contributed by atoms with Crippen LogP contribution in [0.5, 0.6) is 0 Å². The second-order valence-corrected chi connectivity index (χ2v) is 5.96. The number of nitrogens with two attached hydrogens (primary N) is 1. The minimum Gasteiger partial charge on any atom is -0.352 e. The van der Waals surface area contributed by atoms with Crippen LogP contribution in [0.25, 0.3) is 0 Å². The Morgan fingerprint density at radius 2 is 2.15 bits per heavy atom. The Kier molecular flexibility index (Phi) is 4.11. The van der Waals surface area contributed by atoms with Gasteiger partial charge in [-0.2, -0.15) is 10.5 Å². The molecule has 0 saturated heterocycles. The summed E-state index contributed by atoms with van der Waals surface area (Å²) < 4.78 is 0. The summed E-state index contributed by atoms with van der Waals surface area (Å²) in [5.74, 6) is 0.140. The van der Waals surface area contributed by atoms with Gasteiger partial charge in [0.1, 0.15) is 23.3 Å². The second-order valence-electron chi connectivity index (χ2n) is 4.61. The van der Waals surface area contributed by atoms with Gasteiger partial charge in [-0.05, 0) is 25.8 Å². The van der Waals surface area contributed by atoms with E-state index >= 15 is 0 Å². The normalized spacial score (nSPS) is 14.9. The quantitative estimate of drug-likeness (QED) is 0.786. The fourth-order valence-corrected chi connectivity index (χ4v) is 2.52. The summed E-state index contributed by atoms with van der Waals surface area (Å²) in [5.41, 5.74) is 6.23. The smallest absolute Gasteiger partial charge is 0.289 e. The van der Waals surface area contributed by atoms with Gasteiger partial charge >= 0.3 is 0 Å². The van der Waals surface area contributed by atoms with Crippen LogP contribution >= 0.6 is 11.8 Å². The number of hydrogen-bond acceptors (Lipinski definition) is 5. The van der Waals surface area contributed by atoms with Crippen LogP contribution in [0.1, 0.15) is 30.9 Å². The zero-order valence-corrected chi connectivity index (χ0v) is 11.8. The molecule has 6 nitrogen and oxygen atoms in total. The van der Waals surface area contributed by atoms with Crippen molar-refractivity contribution in [3.63, 3.8) is 0 Å². The summed E-state index contributed by atoms with van der Waals surface area (Å²) in [6, 6.07) is 5.65. The number of nitrogens with zero attached hydrogens (tertiary/aromatic N) is 2. The largest absolute Gasteiger partial charge is 0.352 e. The Labute approximate surface area is 121 Å². The van der Waals surface area contributed by atoms with Crippen LogP contribution in [0.3, 0.4) is 0 Å². The molecule has 0 spiro atoms. The maximum atomic E-state index is 11.9. The molecule has 102 valence electrons. The number of hydrogen-bond donors (Lipinski definition) is 2. The lowest BCUT2D eigenvalue weighted by Crippen LogP contribution is -2.33. The Morgan fingerprint density at radius 1 is 1.50 bits per heavy atom. The first kappa shape index (κ1) is 14.2. The fraction of sp³-hybridized carbons (Fsp3) is 0.385. The van der Waals surface area contributed by atoms with Gasteiger partial charge in [0.05, 0.1) is 5.25 Å². The van der Waals surface area contributed by atoms with E-state index in [4.69, 9.17) is 16.3 Å². The van der Waals surface area contributed by atoms with Crippen LogP contribution in [-0.4, -0.2) is 17.2 Å². The lowest BCUT2D eigenvalue weighted by molar-refractivity contribution is -0.410. The molecule has 1 aliphatic rings. The SMILES string of the molecule is C[C@@H](Sc1[nH+]c(N)c(C#N)cc1C#N)C(=O)NC1CC1. The average Bonchev–Trinajstić information content (AvgIpc) is 3.23. The highest BCUT2D eigenvalue weighted by Crippen LogP contribution is 2.26. The molecule has 4 N–H and O–H groups in total. The molecule has 0 unspecified atom stereocenters. The van der Waals surface area contributed by atoms with Gasteiger partial charge in [-0.3, -0.25) is 10.5 Å². The molecule has 1 saturated carbocycles. The van der Waals surface area contributed by atoms with Gasteiger partial charge in [0.25, 0.3) is 5.82 Å². The molecule has 1 aliphatic carbocycles. The summed E-state index contributed by atoms with van der Waals surface area (Å²) in [7, 11) is 0. The number of anilines is 1. The summed E-state index contributed by atoms with van der Waals surface area (Å²) in [4.78, 5) is 14.7. The number of nitrogens with one attached hydrogen (secondary N) is 2. The number of carbonyl (C=O) groups excluding carboxylic acids is 1. The van der Waals surface area contributed by atoms with Crippen molar-refractivity contribution in [3.8, 4) is 12.1 Å². The predicted molar refractivity (Wildman–Crippen MR) is 73.3 cm³/mol. The molecule has 1 heterocycles. The number of nitrogen functional groups attached to an aromatic ring is 1. The minimum atomic E-state index is -0.341. The number of aromatic amines is 1. The molecule has 0 bridgehead atoms. The molecule has 7 heteroatoms. The number of carbonyl (C=O) groups is 1. The Morgan fingerprint density at radius 3 is 2.70 bits per heavy atom. The minimum absolute atomic E-state index is 0.0577. The van der Waals surface area contributed by atoms with Gasteiger partial charge in [0.2, 0.25) is 5.91 Å². The van der Waals surface area contributed by atoms with Crippen molar-refractivity contribution < 1.29 is 9.78 Å². The van der Waals surface area contributed by atoms with Crippen LogP contribution in [0.2, 0.25) is 0 Å². The molecule has 1 aromatic heterocycles. The number of pyridine rings is 1. The molecule has 0 aromatic carbocycles. The van der Waals surface area contributed by atoms with Gasteiger partial charge < -0.3 is 5.32 Å². The van der Waals surface area contributed by atoms with Gasteiger partial charge in [-0.15, -0.1) is 0 Å². The zero-order valence-electron chi connectivity index (χ0n) is 10.9. The van der Waals surface area contributed by atoms with Crippen molar-refractivity contribution >= 4 is 23.5 Å². The molecular weight excluding hydrogens is 274 g/mol. The van der Waals surface area contributed by atoms with E-state index in [0.29, 0.717) is 16.6 Å². The van der Waals surface area contributed by atoms with E-state index in [2.05, 4.69) is 10.3 Å². The summed E-state index contributed by atoms with van der Waals surface area (Å²) in [6.07, 6.45) is 2.06. The van der Waals surface area contributed by atoms with Gasteiger partial charge in [0, 0.05) is 6.04 Å². The van der Waals surface area contributed by atoms with E-state index in [0.717, 1.165) is 12.8 Å². The maximum absolute atomic E-state index is 11.9. The van der Waals surface area contributed by atoms with E-state index in [-0.39, 0.29) is 22.5 Å². The van der Waals surface area contributed by atoms with Crippen molar-refractivity contribution in [1.82, 2.24) is 5.32 Å². The van der Waals surface area contributed by atoms with Crippen molar-refractivity contribution in [2.24, 2.45) is 0 Å². The molecule has 0 aliphatic heterocycles. The van der Waals surface area contributed by atoms with Crippen molar-refractivity contribution in [1.29, 1.82) is 10.5 Å². The Balaban J connectivity index is 2.15. The fourth-order valence-electron chi connectivity index (χ4n) is 1.59. The van der Waals surface area contributed by atoms with Gasteiger partial charge in [0.15, 0.2) is 5.03 Å². The number of aromatic nitrogens is 1. The highest BCUT2D eigenvalue weighted by Gasteiger charge is 2.27. The third kappa shape index (κ3) is 3.19. The number of nitriles is 2. The van der Waals surface area contributed by atoms with Crippen LogP contribution in [-0.2, 0) is 4.79 Å². The van der Waals surface area contributed by atoms with E-state index < -0.39 is 0 Å². The molecule has 1 atom stereocenters. The number of rotatable bonds is 4. The Bertz CT molecular complexity index is 627. The van der Waals surface area contributed by atoms with Crippen LogP contribution in [0.15, 0.2) is 11.1 Å². The maximum Gasteiger partial charge on any atom is 0.289 e. The van der Waals surface area contributed by atoms with Crippen molar-refractivity contribution in [2.75, 3.05) is 5.73 Å². The first-order valence-corrected chi connectivity index (χ1v) is 7.06. The van der Waals surface area contributed by atoms with Crippen LogP contribution < -0.4 is 16.0 Å². The predicted octanol–water partition coefficient (Wildman–Crippen LogP) is 0.585. The lowest BCUT2D eigenvalue weighted by Gasteiger charge is -2.10. The van der Waals surface area contributed by atoms with Crippen LogP contribution in [0.4, 0.5) is 5.82 Å². The third-order valence-corrected chi connectivity index (χ3v) is 4.03. The highest BCUT2D eigenvalue weighted by atomic mass is 32.2. The average molecular weight is 288 g/mol. The molecule has 1 amide bonds. The highest BCUT2D eigenvalue weighted by molar-refractivity contribution is 8.00. The second kappa shape index (κ2) is 5.81. The molecule has 1 aromatic rings. The topological polar surface area (TPSA) is 117 Å². The zero-order chi connectivity index (χ0) is 14.7. The van der Waals surface area contributed by atoms with Gasteiger partial charge in [-0.1, -0.05) is 11.8 Å². The lowest BCUT2D eigenvalue weighted by atomic mass is 10.2. The first-order chi connectivity index (χ1) is 9.55. The number of H-pyrrole nitrogens is 1. The summed E-state index contributed by atoms with van der Waals surface area (Å²) in [6.45, 7) is 1.77. The standard InChI is InChI=1S/C13H13N5OS/c1-7(12(19)17-10-2-3-10)20-13-9(6-15)4-8(5-14)11(16)18-13/h4,7,10H,2-3H2,1H3,(H2,16,18)(H,17,19)/p+1/t7-/m1/s1. The molecule has 0 radical (unpaired) electrons. The monoisotopic (exact) mass is 288 g/mol. The Hall–Kier alpha value is -2.25. The van der Waals surface area contributed by atoms with Crippen LogP contribution in [0, 0.1) is 22.7 Å².